The Labute approximate surface area is 167 Å². The fourth-order valence-corrected chi connectivity index (χ4v) is 4.09. The molecule has 2 aromatic heterocycles. The summed E-state index contributed by atoms with van der Waals surface area (Å²) in [6.45, 7) is 5.24. The van der Waals surface area contributed by atoms with Gasteiger partial charge >= 0.3 is 0 Å². The van der Waals surface area contributed by atoms with E-state index in [1.165, 1.54) is 23.1 Å². The minimum atomic E-state index is 0.0964. The second-order valence-electron chi connectivity index (χ2n) is 6.20. The molecule has 0 radical (unpaired) electrons. The van der Waals surface area contributed by atoms with E-state index in [4.69, 9.17) is 4.42 Å². The Morgan fingerprint density at radius 1 is 1.22 bits per heavy atom. The van der Waals surface area contributed by atoms with E-state index in [0.29, 0.717) is 24.0 Å². The van der Waals surface area contributed by atoms with Gasteiger partial charge in [-0.25, -0.2) is 0 Å². The summed E-state index contributed by atoms with van der Waals surface area (Å²) in [6, 6.07) is 13.9. The molecule has 0 bridgehead atoms. The van der Waals surface area contributed by atoms with E-state index < -0.39 is 0 Å². The molecule has 3 aromatic rings. The maximum absolute atomic E-state index is 12.7. The minimum absolute atomic E-state index is 0.0964. The van der Waals surface area contributed by atoms with E-state index in [-0.39, 0.29) is 11.9 Å². The van der Waals surface area contributed by atoms with Crippen molar-refractivity contribution in [2.24, 2.45) is 0 Å². The van der Waals surface area contributed by atoms with Crippen LogP contribution < -0.4 is 5.32 Å². The Bertz CT molecular complexity index is 835. The molecule has 0 aliphatic heterocycles. The van der Waals surface area contributed by atoms with Crippen molar-refractivity contribution in [3.05, 3.63) is 60.1 Å². The normalized spacial score (nSPS) is 10.9. The van der Waals surface area contributed by atoms with Crippen LogP contribution in [0.1, 0.15) is 25.2 Å². The van der Waals surface area contributed by atoms with Crippen LogP contribution >= 0.6 is 23.1 Å². The van der Waals surface area contributed by atoms with E-state index >= 15 is 0 Å². The van der Waals surface area contributed by atoms with Crippen molar-refractivity contribution >= 4 is 34.1 Å². The second kappa shape index (κ2) is 9.57. The number of amides is 1. The molecule has 3 rings (SSSR count). The first-order valence-electron chi connectivity index (χ1n) is 8.68. The summed E-state index contributed by atoms with van der Waals surface area (Å²) in [5, 5.41) is 12.1. The molecule has 0 atom stereocenters. The molecule has 0 saturated carbocycles. The van der Waals surface area contributed by atoms with Gasteiger partial charge in [-0.1, -0.05) is 53.4 Å². The largest absolute Gasteiger partial charge is 0.467 e. The lowest BCUT2D eigenvalue weighted by molar-refractivity contribution is -0.130. The lowest BCUT2D eigenvalue weighted by atomic mass is 10.2. The van der Waals surface area contributed by atoms with Crippen LogP contribution in [0.5, 0.6) is 0 Å². The van der Waals surface area contributed by atoms with Gasteiger partial charge in [0.15, 0.2) is 4.34 Å². The Kier molecular flexibility index (Phi) is 6.89. The quantitative estimate of drug-likeness (QED) is 0.539. The Balaban J connectivity index is 1.51. The molecule has 0 aliphatic carbocycles. The van der Waals surface area contributed by atoms with Crippen LogP contribution in [-0.2, 0) is 17.9 Å². The number of thioether (sulfide) groups is 1. The molecular formula is C19H22N4O2S2. The third-order valence-electron chi connectivity index (χ3n) is 3.86. The van der Waals surface area contributed by atoms with Gasteiger partial charge in [0.25, 0.3) is 0 Å². The number of rotatable bonds is 9. The first-order chi connectivity index (χ1) is 13.1. The van der Waals surface area contributed by atoms with Crippen LogP contribution in [0.25, 0.3) is 0 Å². The van der Waals surface area contributed by atoms with Crippen LogP contribution in [0.2, 0.25) is 0 Å². The van der Waals surface area contributed by atoms with Crippen molar-refractivity contribution in [1.29, 1.82) is 0 Å². The van der Waals surface area contributed by atoms with Crippen molar-refractivity contribution in [2.45, 2.75) is 37.3 Å². The number of hydrogen-bond donors (Lipinski definition) is 1. The monoisotopic (exact) mass is 402 g/mol. The number of furan rings is 1. The van der Waals surface area contributed by atoms with E-state index in [0.717, 1.165) is 15.7 Å². The van der Waals surface area contributed by atoms with Gasteiger partial charge in [-0.3, -0.25) is 4.79 Å². The van der Waals surface area contributed by atoms with E-state index in [2.05, 4.69) is 15.5 Å². The van der Waals surface area contributed by atoms with Crippen LogP contribution in [0, 0.1) is 0 Å². The molecule has 142 valence electrons. The number of carbonyl (C=O) groups excluding carboxylic acids is 1. The molecule has 0 fully saturated rings. The van der Waals surface area contributed by atoms with Gasteiger partial charge < -0.3 is 14.6 Å². The van der Waals surface area contributed by atoms with Crippen molar-refractivity contribution < 1.29 is 9.21 Å². The van der Waals surface area contributed by atoms with Gasteiger partial charge in [0.05, 0.1) is 18.6 Å². The number of nitrogens with zero attached hydrogens (tertiary/aromatic N) is 3. The molecule has 6 nitrogen and oxygen atoms in total. The van der Waals surface area contributed by atoms with E-state index in [1.807, 2.05) is 61.2 Å². The number of hydrogen-bond acceptors (Lipinski definition) is 7. The Morgan fingerprint density at radius 2 is 2.04 bits per heavy atom. The molecule has 0 spiro atoms. The van der Waals surface area contributed by atoms with Crippen LogP contribution in [0.3, 0.4) is 0 Å². The molecule has 1 N–H and O–H groups in total. The molecule has 0 aliphatic rings. The standard InChI is InChI=1S/C19H22N4O2S2/c1-14(2)23(12-15-7-4-3-5-8-15)17(24)13-26-19-22-21-18(27-19)20-11-16-9-6-10-25-16/h3-10,14H,11-13H2,1-2H3,(H,20,21). The van der Waals surface area contributed by atoms with Crippen molar-refractivity contribution in [3.63, 3.8) is 0 Å². The summed E-state index contributed by atoms with van der Waals surface area (Å²) in [5.41, 5.74) is 1.13. The van der Waals surface area contributed by atoms with E-state index in [9.17, 15) is 4.79 Å². The highest BCUT2D eigenvalue weighted by atomic mass is 32.2. The molecular weight excluding hydrogens is 380 g/mol. The van der Waals surface area contributed by atoms with Gasteiger partial charge in [0.2, 0.25) is 11.0 Å². The SMILES string of the molecule is CC(C)N(Cc1ccccc1)C(=O)CSc1nnc(NCc2ccco2)s1. The first kappa shape index (κ1) is 19.4. The summed E-state index contributed by atoms with van der Waals surface area (Å²) >= 11 is 2.86. The van der Waals surface area contributed by atoms with Crippen LogP contribution in [-0.4, -0.2) is 32.8 Å². The highest BCUT2D eigenvalue weighted by Gasteiger charge is 2.18. The number of anilines is 1. The number of carbonyl (C=O) groups is 1. The maximum atomic E-state index is 12.7. The van der Waals surface area contributed by atoms with Crippen LogP contribution in [0.15, 0.2) is 57.5 Å². The highest BCUT2D eigenvalue weighted by Crippen LogP contribution is 2.26. The fourth-order valence-electron chi connectivity index (χ4n) is 2.46. The second-order valence-corrected chi connectivity index (χ2v) is 8.40. The molecule has 0 saturated heterocycles. The highest BCUT2D eigenvalue weighted by molar-refractivity contribution is 8.01. The number of nitrogens with one attached hydrogen (secondary N) is 1. The minimum Gasteiger partial charge on any atom is -0.467 e. The topological polar surface area (TPSA) is 71.3 Å². The fraction of sp³-hybridized carbons (Fsp3) is 0.316. The van der Waals surface area contributed by atoms with Crippen molar-refractivity contribution in [3.8, 4) is 0 Å². The molecule has 1 amide bonds. The molecule has 2 heterocycles. The maximum Gasteiger partial charge on any atom is 0.233 e. The molecule has 0 unspecified atom stereocenters. The smallest absolute Gasteiger partial charge is 0.233 e. The predicted octanol–water partition coefficient (Wildman–Crippen LogP) is 4.27. The van der Waals surface area contributed by atoms with Gasteiger partial charge in [-0.05, 0) is 31.5 Å². The third-order valence-corrected chi connectivity index (χ3v) is 5.86. The van der Waals surface area contributed by atoms with Gasteiger partial charge in [0, 0.05) is 12.6 Å². The summed E-state index contributed by atoms with van der Waals surface area (Å²) in [6.07, 6.45) is 1.64. The average Bonchev–Trinajstić information content (AvgIpc) is 3.35. The zero-order chi connectivity index (χ0) is 19.1. The predicted molar refractivity (Wildman–Crippen MR) is 109 cm³/mol. The zero-order valence-electron chi connectivity index (χ0n) is 15.3. The number of benzene rings is 1. The summed E-state index contributed by atoms with van der Waals surface area (Å²) in [5.74, 6) is 1.28. The van der Waals surface area contributed by atoms with Crippen LogP contribution in [0.4, 0.5) is 5.13 Å². The van der Waals surface area contributed by atoms with Gasteiger partial charge in [-0.2, -0.15) is 0 Å². The first-order valence-corrected chi connectivity index (χ1v) is 10.5. The Hall–Kier alpha value is -2.32. The third kappa shape index (κ3) is 5.83. The van der Waals surface area contributed by atoms with Gasteiger partial charge in [0.1, 0.15) is 5.76 Å². The lowest BCUT2D eigenvalue weighted by Gasteiger charge is -2.26. The summed E-state index contributed by atoms with van der Waals surface area (Å²) < 4.78 is 6.05. The van der Waals surface area contributed by atoms with Crippen molar-refractivity contribution in [2.75, 3.05) is 11.1 Å². The zero-order valence-corrected chi connectivity index (χ0v) is 16.9. The lowest BCUT2D eigenvalue weighted by Crippen LogP contribution is -2.37. The van der Waals surface area contributed by atoms with Gasteiger partial charge in [-0.15, -0.1) is 10.2 Å². The molecule has 27 heavy (non-hydrogen) atoms. The van der Waals surface area contributed by atoms with Crippen molar-refractivity contribution in [1.82, 2.24) is 15.1 Å². The average molecular weight is 403 g/mol. The molecule has 8 heteroatoms. The summed E-state index contributed by atoms with van der Waals surface area (Å²) in [4.78, 5) is 14.6. The summed E-state index contributed by atoms with van der Waals surface area (Å²) in [7, 11) is 0. The Morgan fingerprint density at radius 3 is 2.74 bits per heavy atom. The number of aromatic nitrogens is 2. The van der Waals surface area contributed by atoms with E-state index in [1.54, 1.807) is 6.26 Å². The molecule has 1 aromatic carbocycles.